The Labute approximate surface area is 127 Å². The average Bonchev–Trinajstić information content (AvgIpc) is 2.45. The Morgan fingerprint density at radius 3 is 2.33 bits per heavy atom. The SMILES string of the molecule is CC(C)CC(CN)C(=O)Nc1ccc(C(C)(C)C#N)cc1. The van der Waals surface area contributed by atoms with Crippen LogP contribution in [-0.2, 0) is 10.2 Å². The van der Waals surface area contributed by atoms with Gasteiger partial charge in [-0.3, -0.25) is 4.79 Å². The molecule has 1 aromatic rings. The molecule has 0 spiro atoms. The number of nitrogens with one attached hydrogen (secondary N) is 1. The topological polar surface area (TPSA) is 78.9 Å². The van der Waals surface area contributed by atoms with E-state index < -0.39 is 5.41 Å². The fourth-order valence-corrected chi connectivity index (χ4v) is 2.16. The van der Waals surface area contributed by atoms with E-state index in [2.05, 4.69) is 25.2 Å². The zero-order valence-electron chi connectivity index (χ0n) is 13.3. The molecule has 1 aromatic carbocycles. The number of nitrogens with two attached hydrogens (primary N) is 1. The standard InChI is InChI=1S/C17H25N3O/c1-12(2)9-13(10-18)16(21)20-15-7-5-14(6-8-15)17(3,4)11-19/h5-8,12-13H,9-10,18H2,1-4H3,(H,20,21). The average molecular weight is 287 g/mol. The summed E-state index contributed by atoms with van der Waals surface area (Å²) in [5.74, 6) is 0.224. The molecule has 0 heterocycles. The zero-order valence-corrected chi connectivity index (χ0v) is 13.3. The van der Waals surface area contributed by atoms with Crippen LogP contribution in [-0.4, -0.2) is 12.5 Å². The Bertz CT molecular complexity index is 512. The van der Waals surface area contributed by atoms with Crippen LogP contribution in [0.3, 0.4) is 0 Å². The van der Waals surface area contributed by atoms with Crippen LogP contribution < -0.4 is 11.1 Å². The van der Waals surface area contributed by atoms with Crippen molar-refractivity contribution in [3.63, 3.8) is 0 Å². The summed E-state index contributed by atoms with van der Waals surface area (Å²) in [7, 11) is 0. The lowest BCUT2D eigenvalue weighted by atomic mass is 9.86. The van der Waals surface area contributed by atoms with Crippen molar-refractivity contribution in [2.45, 2.75) is 39.5 Å². The van der Waals surface area contributed by atoms with Gasteiger partial charge in [0.1, 0.15) is 0 Å². The van der Waals surface area contributed by atoms with E-state index in [1.54, 1.807) is 0 Å². The van der Waals surface area contributed by atoms with Gasteiger partial charge >= 0.3 is 0 Å². The molecule has 1 rings (SSSR count). The highest BCUT2D eigenvalue weighted by Crippen LogP contribution is 2.24. The second-order valence-electron chi connectivity index (χ2n) is 6.37. The quantitative estimate of drug-likeness (QED) is 0.844. The van der Waals surface area contributed by atoms with Crippen LogP contribution in [0.2, 0.25) is 0 Å². The Hall–Kier alpha value is -1.86. The highest BCUT2D eigenvalue weighted by Gasteiger charge is 2.20. The second kappa shape index (κ2) is 7.24. The van der Waals surface area contributed by atoms with Gasteiger partial charge in [0.2, 0.25) is 5.91 Å². The van der Waals surface area contributed by atoms with Gasteiger partial charge in [0, 0.05) is 12.2 Å². The van der Waals surface area contributed by atoms with Crippen LogP contribution in [0, 0.1) is 23.2 Å². The number of carbonyl (C=O) groups excluding carboxylic acids is 1. The number of hydrogen-bond donors (Lipinski definition) is 2. The third-order valence-electron chi connectivity index (χ3n) is 3.56. The number of anilines is 1. The van der Waals surface area contributed by atoms with Crippen LogP contribution >= 0.6 is 0 Å². The first kappa shape index (κ1) is 17.2. The Morgan fingerprint density at radius 1 is 1.33 bits per heavy atom. The molecule has 0 saturated carbocycles. The summed E-state index contributed by atoms with van der Waals surface area (Å²) < 4.78 is 0. The first-order valence-corrected chi connectivity index (χ1v) is 7.33. The van der Waals surface area contributed by atoms with Crippen molar-refractivity contribution < 1.29 is 4.79 Å². The smallest absolute Gasteiger partial charge is 0.228 e. The highest BCUT2D eigenvalue weighted by atomic mass is 16.1. The van der Waals surface area contributed by atoms with E-state index in [0.29, 0.717) is 12.5 Å². The molecule has 1 atom stereocenters. The van der Waals surface area contributed by atoms with Crippen LogP contribution in [0.4, 0.5) is 5.69 Å². The molecule has 0 bridgehead atoms. The summed E-state index contributed by atoms with van der Waals surface area (Å²) >= 11 is 0. The second-order valence-corrected chi connectivity index (χ2v) is 6.37. The molecule has 0 aliphatic heterocycles. The lowest BCUT2D eigenvalue weighted by molar-refractivity contribution is -0.120. The van der Waals surface area contributed by atoms with E-state index in [4.69, 9.17) is 11.0 Å². The van der Waals surface area contributed by atoms with Crippen LogP contribution in [0.15, 0.2) is 24.3 Å². The van der Waals surface area contributed by atoms with E-state index in [1.807, 2.05) is 38.1 Å². The molecule has 1 amide bonds. The summed E-state index contributed by atoms with van der Waals surface area (Å²) in [6.07, 6.45) is 0.780. The molecule has 0 aliphatic rings. The summed E-state index contributed by atoms with van der Waals surface area (Å²) in [4.78, 5) is 12.2. The molecular weight excluding hydrogens is 262 g/mol. The maximum Gasteiger partial charge on any atom is 0.228 e. The lowest BCUT2D eigenvalue weighted by Crippen LogP contribution is -2.30. The number of nitrogens with zero attached hydrogens (tertiary/aromatic N) is 1. The van der Waals surface area contributed by atoms with Gasteiger partial charge in [-0.15, -0.1) is 0 Å². The van der Waals surface area contributed by atoms with Gasteiger partial charge in [0.15, 0.2) is 0 Å². The van der Waals surface area contributed by atoms with Crippen molar-refractivity contribution in [2.24, 2.45) is 17.6 Å². The van der Waals surface area contributed by atoms with Gasteiger partial charge in [-0.25, -0.2) is 0 Å². The fourth-order valence-electron chi connectivity index (χ4n) is 2.16. The number of hydrogen-bond acceptors (Lipinski definition) is 3. The summed E-state index contributed by atoms with van der Waals surface area (Å²) in [5, 5.41) is 12.0. The highest BCUT2D eigenvalue weighted by molar-refractivity contribution is 5.92. The number of amides is 1. The minimum absolute atomic E-state index is 0.0431. The Kier molecular flexibility index (Phi) is 5.92. The Morgan fingerprint density at radius 2 is 1.90 bits per heavy atom. The van der Waals surface area contributed by atoms with Crippen molar-refractivity contribution in [3.8, 4) is 6.07 Å². The molecule has 0 aliphatic carbocycles. The first-order valence-electron chi connectivity index (χ1n) is 7.33. The van der Waals surface area contributed by atoms with E-state index in [1.165, 1.54) is 0 Å². The zero-order chi connectivity index (χ0) is 16.0. The molecule has 4 heteroatoms. The van der Waals surface area contributed by atoms with Crippen molar-refractivity contribution in [3.05, 3.63) is 29.8 Å². The third kappa shape index (κ3) is 4.87. The normalized spacial score (nSPS) is 12.8. The molecule has 4 nitrogen and oxygen atoms in total. The monoisotopic (exact) mass is 287 g/mol. The van der Waals surface area contributed by atoms with Gasteiger partial charge < -0.3 is 11.1 Å². The molecule has 0 aromatic heterocycles. The number of nitriles is 1. The molecule has 0 saturated heterocycles. The molecular formula is C17H25N3O. The van der Waals surface area contributed by atoms with Crippen LogP contribution in [0.1, 0.15) is 39.7 Å². The molecule has 0 fully saturated rings. The fraction of sp³-hybridized carbons (Fsp3) is 0.529. The third-order valence-corrected chi connectivity index (χ3v) is 3.56. The molecule has 0 radical (unpaired) electrons. The van der Waals surface area contributed by atoms with Gasteiger partial charge in [-0.05, 0) is 43.9 Å². The maximum absolute atomic E-state index is 12.2. The van der Waals surface area contributed by atoms with Crippen molar-refractivity contribution >= 4 is 11.6 Å². The van der Waals surface area contributed by atoms with Gasteiger partial charge in [-0.2, -0.15) is 5.26 Å². The van der Waals surface area contributed by atoms with E-state index in [-0.39, 0.29) is 11.8 Å². The maximum atomic E-state index is 12.2. The largest absolute Gasteiger partial charge is 0.330 e. The summed E-state index contributed by atoms with van der Waals surface area (Å²) in [6.45, 7) is 8.24. The molecule has 114 valence electrons. The van der Waals surface area contributed by atoms with Crippen molar-refractivity contribution in [1.82, 2.24) is 0 Å². The lowest BCUT2D eigenvalue weighted by Gasteiger charge is -2.18. The van der Waals surface area contributed by atoms with E-state index in [9.17, 15) is 4.79 Å². The predicted molar refractivity (Wildman–Crippen MR) is 85.7 cm³/mol. The number of carbonyl (C=O) groups is 1. The molecule has 3 N–H and O–H groups in total. The van der Waals surface area contributed by atoms with Crippen LogP contribution in [0.25, 0.3) is 0 Å². The molecule has 21 heavy (non-hydrogen) atoms. The summed E-state index contributed by atoms with van der Waals surface area (Å²) in [5.41, 5.74) is 6.82. The van der Waals surface area contributed by atoms with Gasteiger partial charge in [-0.1, -0.05) is 26.0 Å². The van der Waals surface area contributed by atoms with Crippen LogP contribution in [0.5, 0.6) is 0 Å². The summed E-state index contributed by atoms with van der Waals surface area (Å²) in [6, 6.07) is 9.67. The predicted octanol–water partition coefficient (Wildman–Crippen LogP) is 3.05. The van der Waals surface area contributed by atoms with Crippen molar-refractivity contribution in [1.29, 1.82) is 5.26 Å². The van der Waals surface area contributed by atoms with Gasteiger partial charge in [0.25, 0.3) is 0 Å². The van der Waals surface area contributed by atoms with Gasteiger partial charge in [0.05, 0.1) is 17.4 Å². The van der Waals surface area contributed by atoms with E-state index >= 15 is 0 Å². The van der Waals surface area contributed by atoms with Crippen molar-refractivity contribution in [2.75, 3.05) is 11.9 Å². The van der Waals surface area contributed by atoms with E-state index in [0.717, 1.165) is 17.7 Å². The first-order chi connectivity index (χ1) is 9.80. The Balaban J connectivity index is 2.76. The minimum Gasteiger partial charge on any atom is -0.330 e. The molecule has 1 unspecified atom stereocenters. The minimum atomic E-state index is -0.528. The number of benzene rings is 1. The number of rotatable bonds is 6.